The molecule has 2 aromatic carbocycles. The van der Waals surface area contributed by atoms with Crippen molar-refractivity contribution in [3.05, 3.63) is 83.9 Å². The monoisotopic (exact) mass is 406 g/mol. The van der Waals surface area contributed by atoms with E-state index in [2.05, 4.69) is 51.3 Å². The van der Waals surface area contributed by atoms with Crippen LogP contribution in [0.15, 0.2) is 60.8 Å². The van der Waals surface area contributed by atoms with E-state index in [1.807, 2.05) is 30.5 Å². The molecule has 0 spiro atoms. The van der Waals surface area contributed by atoms with Gasteiger partial charge in [0.05, 0.1) is 5.69 Å². The van der Waals surface area contributed by atoms with Gasteiger partial charge < -0.3 is 10.3 Å². The molecule has 3 rings (SSSR count). The van der Waals surface area contributed by atoms with E-state index in [1.54, 1.807) is 12.1 Å². The minimum Gasteiger partial charge on any atom is -0.329 e. The lowest BCUT2D eigenvalue weighted by atomic mass is 9.75. The summed E-state index contributed by atoms with van der Waals surface area (Å²) in [6, 6.07) is 17.0. The number of nitrogens with zero attached hydrogens (tertiary/aromatic N) is 2. The summed E-state index contributed by atoms with van der Waals surface area (Å²) in [6.45, 7) is 11.5. The van der Waals surface area contributed by atoms with Crippen LogP contribution in [0.4, 0.5) is 4.39 Å². The minimum absolute atomic E-state index is 0.0652. The van der Waals surface area contributed by atoms with Gasteiger partial charge in [-0.3, -0.25) is 0 Å². The third kappa shape index (κ3) is 5.79. The normalized spacial score (nSPS) is 12.5. The lowest BCUT2D eigenvalue weighted by Crippen LogP contribution is -2.34. The molecule has 3 nitrogen and oxygen atoms in total. The topological polar surface area (TPSA) is 43.8 Å². The summed E-state index contributed by atoms with van der Waals surface area (Å²) < 4.78 is 16.0. The summed E-state index contributed by atoms with van der Waals surface area (Å²) in [5, 5.41) is 0. The number of imidazole rings is 1. The standard InChI is InChI=1S/C26H33FN3/c1-25(2,3)22(14-15-26(4,5)28)24-29-23(20-12-9-13-21(27)16-20)18-30(24)17-19-10-7-6-8-11-19/h6-13,16,18H,14-15,17,28H2,1-5H3. The van der Waals surface area contributed by atoms with Crippen LogP contribution in [0.2, 0.25) is 0 Å². The van der Waals surface area contributed by atoms with Crippen molar-refractivity contribution in [3.8, 4) is 11.3 Å². The second kappa shape index (κ2) is 8.73. The van der Waals surface area contributed by atoms with Crippen molar-refractivity contribution in [2.75, 3.05) is 0 Å². The predicted molar refractivity (Wildman–Crippen MR) is 122 cm³/mol. The number of hydrogen-bond donors (Lipinski definition) is 1. The zero-order valence-corrected chi connectivity index (χ0v) is 18.7. The smallest absolute Gasteiger partial charge is 0.123 e. The second-order valence-corrected chi connectivity index (χ2v) is 9.79. The Bertz CT molecular complexity index is 962. The van der Waals surface area contributed by atoms with Crippen LogP contribution >= 0.6 is 0 Å². The first-order valence-corrected chi connectivity index (χ1v) is 10.6. The van der Waals surface area contributed by atoms with Gasteiger partial charge >= 0.3 is 0 Å². The van der Waals surface area contributed by atoms with Crippen LogP contribution in [0.3, 0.4) is 0 Å². The Morgan fingerprint density at radius 1 is 1.00 bits per heavy atom. The molecule has 0 aliphatic heterocycles. The van der Waals surface area contributed by atoms with Crippen LogP contribution < -0.4 is 5.73 Å². The summed E-state index contributed by atoms with van der Waals surface area (Å²) in [5.41, 5.74) is 8.76. The molecule has 0 unspecified atom stereocenters. The van der Waals surface area contributed by atoms with E-state index in [1.165, 1.54) is 17.5 Å². The maximum Gasteiger partial charge on any atom is 0.123 e. The number of benzene rings is 2. The number of nitrogens with two attached hydrogens (primary N) is 1. The van der Waals surface area contributed by atoms with Gasteiger partial charge in [-0.15, -0.1) is 0 Å². The molecule has 1 aromatic heterocycles. The van der Waals surface area contributed by atoms with E-state index in [-0.39, 0.29) is 16.8 Å². The Morgan fingerprint density at radius 2 is 1.70 bits per heavy atom. The van der Waals surface area contributed by atoms with Gasteiger partial charge in [0.25, 0.3) is 0 Å². The van der Waals surface area contributed by atoms with Gasteiger partial charge in [-0.25, -0.2) is 9.37 Å². The number of rotatable bonds is 7. The van der Waals surface area contributed by atoms with E-state index in [9.17, 15) is 4.39 Å². The Morgan fingerprint density at radius 3 is 2.30 bits per heavy atom. The highest BCUT2D eigenvalue weighted by Crippen LogP contribution is 2.39. The van der Waals surface area contributed by atoms with E-state index >= 15 is 0 Å². The third-order valence-electron chi connectivity index (χ3n) is 5.29. The molecule has 0 fully saturated rings. The van der Waals surface area contributed by atoms with Crippen molar-refractivity contribution in [1.82, 2.24) is 9.55 Å². The van der Waals surface area contributed by atoms with E-state index in [4.69, 9.17) is 10.7 Å². The van der Waals surface area contributed by atoms with Crippen molar-refractivity contribution in [2.45, 2.75) is 59.5 Å². The molecule has 0 saturated heterocycles. The molecule has 4 heteroatoms. The number of halogens is 1. The highest BCUT2D eigenvalue weighted by atomic mass is 19.1. The maximum absolute atomic E-state index is 13.9. The van der Waals surface area contributed by atoms with Crippen LogP contribution in [0.5, 0.6) is 0 Å². The van der Waals surface area contributed by atoms with Gasteiger partial charge in [0.1, 0.15) is 11.6 Å². The highest BCUT2D eigenvalue weighted by molar-refractivity contribution is 5.59. The first-order valence-electron chi connectivity index (χ1n) is 10.6. The maximum atomic E-state index is 13.9. The molecule has 0 saturated carbocycles. The van der Waals surface area contributed by atoms with E-state index < -0.39 is 0 Å². The first kappa shape index (κ1) is 22.2. The summed E-state index contributed by atoms with van der Waals surface area (Å²) in [6.07, 6.45) is 3.77. The molecule has 159 valence electrons. The zero-order valence-electron chi connectivity index (χ0n) is 18.7. The molecule has 1 radical (unpaired) electrons. The predicted octanol–water partition coefficient (Wildman–Crippen LogP) is 6.22. The van der Waals surface area contributed by atoms with Crippen molar-refractivity contribution in [1.29, 1.82) is 0 Å². The molecule has 0 aliphatic rings. The summed E-state index contributed by atoms with van der Waals surface area (Å²) in [7, 11) is 0. The Kier molecular flexibility index (Phi) is 6.47. The van der Waals surface area contributed by atoms with Gasteiger partial charge in [0.15, 0.2) is 0 Å². The van der Waals surface area contributed by atoms with Crippen molar-refractivity contribution >= 4 is 0 Å². The van der Waals surface area contributed by atoms with Crippen LogP contribution in [0, 0.1) is 17.2 Å². The molecule has 1 heterocycles. The fraction of sp³-hybridized carbons (Fsp3) is 0.385. The quantitative estimate of drug-likeness (QED) is 0.506. The first-order chi connectivity index (χ1) is 14.0. The number of hydrogen-bond acceptors (Lipinski definition) is 2. The molecule has 0 aliphatic carbocycles. The molecule has 0 amide bonds. The van der Waals surface area contributed by atoms with Crippen molar-refractivity contribution in [2.24, 2.45) is 11.1 Å². The largest absolute Gasteiger partial charge is 0.329 e. The SMILES string of the molecule is CC(C)(N)CC[C](c1nc(-c2cccc(F)c2)cn1Cc1ccccc1)C(C)(C)C. The fourth-order valence-electron chi connectivity index (χ4n) is 3.61. The van der Waals surface area contributed by atoms with Gasteiger partial charge in [0.2, 0.25) is 0 Å². The summed E-state index contributed by atoms with van der Waals surface area (Å²) in [4.78, 5) is 5.00. The lowest BCUT2D eigenvalue weighted by Gasteiger charge is -2.32. The Balaban J connectivity index is 2.06. The lowest BCUT2D eigenvalue weighted by molar-refractivity contribution is 0.372. The molecule has 0 bridgehead atoms. The highest BCUT2D eigenvalue weighted by Gasteiger charge is 2.32. The van der Waals surface area contributed by atoms with Crippen LogP contribution in [0.1, 0.15) is 58.8 Å². The van der Waals surface area contributed by atoms with E-state index in [0.717, 1.165) is 29.9 Å². The van der Waals surface area contributed by atoms with Gasteiger partial charge in [-0.05, 0) is 49.8 Å². The van der Waals surface area contributed by atoms with Gasteiger partial charge in [-0.2, -0.15) is 0 Å². The Labute approximate surface area is 180 Å². The molecule has 2 N–H and O–H groups in total. The molecule has 30 heavy (non-hydrogen) atoms. The third-order valence-corrected chi connectivity index (χ3v) is 5.29. The zero-order chi connectivity index (χ0) is 21.9. The average Bonchev–Trinajstić information content (AvgIpc) is 3.04. The second-order valence-electron chi connectivity index (χ2n) is 9.79. The van der Waals surface area contributed by atoms with Crippen molar-refractivity contribution in [3.63, 3.8) is 0 Å². The molecular formula is C26H33FN3. The Hall–Kier alpha value is -2.46. The molecule has 0 atom stereocenters. The van der Waals surface area contributed by atoms with E-state index in [0.29, 0.717) is 6.54 Å². The number of aromatic nitrogens is 2. The van der Waals surface area contributed by atoms with Crippen LogP contribution in [0.25, 0.3) is 11.3 Å². The van der Waals surface area contributed by atoms with Crippen LogP contribution in [-0.4, -0.2) is 15.1 Å². The van der Waals surface area contributed by atoms with Gasteiger partial charge in [0, 0.05) is 29.8 Å². The van der Waals surface area contributed by atoms with Crippen LogP contribution in [-0.2, 0) is 6.54 Å². The minimum atomic E-state index is -0.253. The average molecular weight is 407 g/mol. The van der Waals surface area contributed by atoms with Gasteiger partial charge in [-0.1, -0.05) is 63.2 Å². The molecular weight excluding hydrogens is 373 g/mol. The summed E-state index contributed by atoms with van der Waals surface area (Å²) >= 11 is 0. The fourth-order valence-corrected chi connectivity index (χ4v) is 3.61. The summed E-state index contributed by atoms with van der Waals surface area (Å²) in [5.74, 6) is 1.96. The molecule has 3 aromatic rings. The van der Waals surface area contributed by atoms with Crippen molar-refractivity contribution < 1.29 is 4.39 Å².